The number of esters is 2. The van der Waals surface area contributed by atoms with E-state index in [-0.39, 0.29) is 0 Å². The van der Waals surface area contributed by atoms with Crippen molar-refractivity contribution >= 4 is 35.5 Å². The molecule has 0 aliphatic heterocycles. The highest BCUT2D eigenvalue weighted by molar-refractivity contribution is 7.99. The molecule has 0 bridgehead atoms. The summed E-state index contributed by atoms with van der Waals surface area (Å²) in [6.45, 7) is 5.72. The molecule has 12 nitrogen and oxygen atoms in total. The second kappa shape index (κ2) is 28.4. The van der Waals surface area contributed by atoms with E-state index in [4.69, 9.17) is 27.8 Å². The highest BCUT2D eigenvalue weighted by Gasteiger charge is 2.14. The standard InChI is InChI=1S/C52H62N4O8S2/c1-3-5-7-15-35-59-43-27-23-41(24-28-43)49(57)61-45-31-19-39(20-32-45)47-53-55-51(63-47)65-37-17-13-11-9-10-12-14-18-38-66-52-56-54-48(64-52)40-21-33-46(34-22-40)62-50(58)42-25-29-44(30-26-42)60-36-16-8-6-4-2/h19-34H,3-18,35-38H2,1-2H3. The molecule has 0 radical (unpaired) electrons. The van der Waals surface area contributed by atoms with E-state index in [1.807, 2.05) is 24.3 Å². The van der Waals surface area contributed by atoms with Gasteiger partial charge in [-0.25, -0.2) is 9.59 Å². The number of nitrogens with zero attached hydrogens (tertiary/aromatic N) is 4. The molecule has 6 rings (SSSR count). The maximum atomic E-state index is 12.7. The van der Waals surface area contributed by atoms with Gasteiger partial charge in [-0.2, -0.15) is 0 Å². The zero-order chi connectivity index (χ0) is 46.0. The van der Waals surface area contributed by atoms with Crippen molar-refractivity contribution in [2.45, 2.75) is 127 Å². The summed E-state index contributed by atoms with van der Waals surface area (Å²) >= 11 is 3.15. The number of carbonyl (C=O) groups is 2. The number of carbonyl (C=O) groups excluding carboxylic acids is 2. The van der Waals surface area contributed by atoms with E-state index in [0.717, 1.165) is 72.7 Å². The smallest absolute Gasteiger partial charge is 0.343 e. The molecule has 66 heavy (non-hydrogen) atoms. The number of thioether (sulfide) groups is 2. The number of hydrogen-bond donors (Lipinski definition) is 0. The Labute approximate surface area is 397 Å². The van der Waals surface area contributed by atoms with Crippen LogP contribution >= 0.6 is 23.5 Å². The van der Waals surface area contributed by atoms with E-state index in [0.29, 0.717) is 58.1 Å². The van der Waals surface area contributed by atoms with E-state index < -0.39 is 11.9 Å². The van der Waals surface area contributed by atoms with Crippen LogP contribution < -0.4 is 18.9 Å². The van der Waals surface area contributed by atoms with Gasteiger partial charge in [0.15, 0.2) is 0 Å². The molecule has 14 heteroatoms. The second-order valence-electron chi connectivity index (χ2n) is 16.0. The summed E-state index contributed by atoms with van der Waals surface area (Å²) in [5.41, 5.74) is 2.43. The average Bonchev–Trinajstić information content (AvgIpc) is 4.03. The van der Waals surface area contributed by atoms with E-state index >= 15 is 0 Å². The summed E-state index contributed by atoms with van der Waals surface area (Å²) in [5, 5.41) is 17.9. The highest BCUT2D eigenvalue weighted by atomic mass is 32.2. The van der Waals surface area contributed by atoms with Crippen molar-refractivity contribution in [3.8, 4) is 45.9 Å². The Balaban J connectivity index is 0.768. The van der Waals surface area contributed by atoms with Crippen LogP contribution in [-0.2, 0) is 0 Å². The normalized spacial score (nSPS) is 11.1. The summed E-state index contributed by atoms with van der Waals surface area (Å²) < 4.78 is 34.5. The van der Waals surface area contributed by atoms with Gasteiger partial charge in [-0.3, -0.25) is 0 Å². The first-order valence-electron chi connectivity index (χ1n) is 23.5. The van der Waals surface area contributed by atoms with Crippen molar-refractivity contribution in [3.05, 3.63) is 108 Å². The highest BCUT2D eigenvalue weighted by Crippen LogP contribution is 2.28. The van der Waals surface area contributed by atoms with Crippen molar-refractivity contribution in [1.82, 2.24) is 20.4 Å². The van der Waals surface area contributed by atoms with Gasteiger partial charge in [0, 0.05) is 22.6 Å². The molecular formula is C52H62N4O8S2. The molecule has 4 aromatic carbocycles. The van der Waals surface area contributed by atoms with Gasteiger partial charge >= 0.3 is 11.9 Å². The van der Waals surface area contributed by atoms with Crippen LogP contribution in [0.1, 0.15) is 137 Å². The summed E-state index contributed by atoms with van der Waals surface area (Å²) in [6, 6.07) is 28.2. The molecule has 0 atom stereocenters. The zero-order valence-corrected chi connectivity index (χ0v) is 39.9. The topological polar surface area (TPSA) is 149 Å². The van der Waals surface area contributed by atoms with E-state index in [1.165, 1.54) is 64.2 Å². The number of aromatic nitrogens is 4. The lowest BCUT2D eigenvalue weighted by Gasteiger charge is -2.08. The Morgan fingerprint density at radius 1 is 0.424 bits per heavy atom. The minimum Gasteiger partial charge on any atom is -0.494 e. The second-order valence-corrected chi connectivity index (χ2v) is 18.1. The predicted octanol–water partition coefficient (Wildman–Crippen LogP) is 14.1. The first kappa shape index (κ1) is 49.8. The van der Waals surface area contributed by atoms with Gasteiger partial charge in [0.2, 0.25) is 11.8 Å². The number of ether oxygens (including phenoxy) is 4. The molecule has 0 fully saturated rings. The van der Waals surface area contributed by atoms with Gasteiger partial charge in [-0.1, -0.05) is 114 Å². The van der Waals surface area contributed by atoms with Gasteiger partial charge in [0.05, 0.1) is 24.3 Å². The largest absolute Gasteiger partial charge is 0.494 e. The van der Waals surface area contributed by atoms with Crippen LogP contribution in [0, 0.1) is 0 Å². The van der Waals surface area contributed by atoms with Crippen LogP contribution in [0.15, 0.2) is 116 Å². The van der Waals surface area contributed by atoms with Crippen LogP contribution in [-0.4, -0.2) is 57.1 Å². The average molecular weight is 935 g/mol. The first-order valence-corrected chi connectivity index (χ1v) is 25.5. The number of rotatable bonds is 31. The van der Waals surface area contributed by atoms with E-state index in [2.05, 4.69) is 34.2 Å². The molecule has 0 spiro atoms. The van der Waals surface area contributed by atoms with E-state index in [1.54, 1.807) is 96.3 Å². The maximum Gasteiger partial charge on any atom is 0.343 e. The Morgan fingerprint density at radius 3 is 1.15 bits per heavy atom. The Bertz CT molecular complexity index is 2140. The lowest BCUT2D eigenvalue weighted by molar-refractivity contribution is 0.0725. The van der Waals surface area contributed by atoms with Gasteiger partial charge in [0.1, 0.15) is 23.0 Å². The lowest BCUT2D eigenvalue weighted by atomic mass is 10.1. The molecule has 0 unspecified atom stereocenters. The summed E-state index contributed by atoms with van der Waals surface area (Å²) in [7, 11) is 0. The molecule has 0 aliphatic rings. The molecule has 0 saturated carbocycles. The van der Waals surface area contributed by atoms with Crippen molar-refractivity contribution < 1.29 is 37.4 Å². The Hall–Kier alpha value is -5.60. The molecule has 0 aliphatic carbocycles. The van der Waals surface area contributed by atoms with Crippen LogP contribution in [0.4, 0.5) is 0 Å². The monoisotopic (exact) mass is 934 g/mol. The summed E-state index contributed by atoms with van der Waals surface area (Å²) in [5.74, 6) is 4.20. The fourth-order valence-electron chi connectivity index (χ4n) is 6.83. The maximum absolute atomic E-state index is 12.7. The van der Waals surface area contributed by atoms with Crippen LogP contribution in [0.25, 0.3) is 22.9 Å². The lowest BCUT2D eigenvalue weighted by Crippen LogP contribution is -2.08. The SMILES string of the molecule is CCCCCCOc1ccc(C(=O)Oc2ccc(-c3nnc(SCCCCCCCCCCSc4nnc(-c5ccc(OC(=O)c6ccc(OCCCCCC)cc6)cc5)o4)o3)cc2)cc1. The Kier molecular flexibility index (Phi) is 21.5. The van der Waals surface area contributed by atoms with Crippen LogP contribution in [0.5, 0.6) is 23.0 Å². The first-order chi connectivity index (χ1) is 32.5. The molecule has 0 saturated heterocycles. The van der Waals surface area contributed by atoms with Crippen molar-refractivity contribution in [2.24, 2.45) is 0 Å². The molecule has 6 aromatic rings. The molecule has 0 N–H and O–H groups in total. The molecular weight excluding hydrogens is 873 g/mol. The Morgan fingerprint density at radius 2 is 0.773 bits per heavy atom. The molecule has 0 amide bonds. The predicted molar refractivity (Wildman–Crippen MR) is 260 cm³/mol. The minimum atomic E-state index is -0.432. The van der Waals surface area contributed by atoms with Gasteiger partial charge in [-0.05, 0) is 123 Å². The third-order valence-corrected chi connectivity index (χ3v) is 12.4. The zero-order valence-electron chi connectivity index (χ0n) is 38.3. The van der Waals surface area contributed by atoms with Gasteiger partial charge in [-0.15, -0.1) is 20.4 Å². The van der Waals surface area contributed by atoms with Crippen molar-refractivity contribution in [1.29, 1.82) is 0 Å². The van der Waals surface area contributed by atoms with Crippen molar-refractivity contribution in [2.75, 3.05) is 24.7 Å². The van der Waals surface area contributed by atoms with E-state index in [9.17, 15) is 9.59 Å². The number of benzene rings is 4. The molecule has 2 heterocycles. The fraction of sp³-hybridized carbons (Fsp3) is 0.423. The van der Waals surface area contributed by atoms with Gasteiger partial charge < -0.3 is 27.8 Å². The number of unbranched alkanes of at least 4 members (excludes halogenated alkanes) is 13. The molecule has 2 aromatic heterocycles. The quantitative estimate of drug-likeness (QED) is 0.0176. The molecule has 350 valence electrons. The van der Waals surface area contributed by atoms with Crippen LogP contribution in [0.2, 0.25) is 0 Å². The van der Waals surface area contributed by atoms with Gasteiger partial charge in [0.25, 0.3) is 10.4 Å². The summed E-state index contributed by atoms with van der Waals surface area (Å²) in [4.78, 5) is 25.4. The number of hydrogen-bond acceptors (Lipinski definition) is 14. The summed E-state index contributed by atoms with van der Waals surface area (Å²) in [6.07, 6.45) is 18.5. The third-order valence-electron chi connectivity index (χ3n) is 10.6. The fourth-order valence-corrected chi connectivity index (χ4v) is 8.35. The van der Waals surface area contributed by atoms with Crippen molar-refractivity contribution in [3.63, 3.8) is 0 Å². The van der Waals surface area contributed by atoms with Crippen LogP contribution in [0.3, 0.4) is 0 Å². The minimum absolute atomic E-state index is 0.432. The third kappa shape index (κ3) is 17.3.